The quantitative estimate of drug-likeness (QED) is 0.885. The van der Waals surface area contributed by atoms with E-state index in [1.54, 1.807) is 30.7 Å². The van der Waals surface area contributed by atoms with E-state index in [1.807, 2.05) is 0 Å². The minimum absolute atomic E-state index is 0.0931. The molecule has 5 heteroatoms. The second kappa shape index (κ2) is 6.59. The zero-order valence-electron chi connectivity index (χ0n) is 10.8. The molecule has 1 aromatic carbocycles. The first kappa shape index (κ1) is 13.9. The highest BCUT2D eigenvalue weighted by Crippen LogP contribution is 2.29. The molecule has 0 bridgehead atoms. The van der Waals surface area contributed by atoms with E-state index in [0.29, 0.717) is 22.9 Å². The summed E-state index contributed by atoms with van der Waals surface area (Å²) in [5.41, 5.74) is 1.68. The van der Waals surface area contributed by atoms with Gasteiger partial charge < -0.3 is 14.4 Å². The first-order chi connectivity index (χ1) is 9.26. The van der Waals surface area contributed by atoms with E-state index in [2.05, 4.69) is 16.5 Å². The molecule has 0 aliphatic heterocycles. The van der Waals surface area contributed by atoms with Gasteiger partial charge in [0.25, 0.3) is 0 Å². The molecule has 4 nitrogen and oxygen atoms in total. The number of halogens is 1. The Balaban J connectivity index is 2.12. The molecule has 0 unspecified atom stereocenters. The topological polar surface area (TPSA) is 47.3 Å². The van der Waals surface area contributed by atoms with Gasteiger partial charge in [-0.1, -0.05) is 30.7 Å². The molecule has 0 aliphatic rings. The lowest BCUT2D eigenvalue weighted by molar-refractivity contribution is 0.255. The molecule has 1 heterocycles. The number of aliphatic hydroxyl groups is 1. The third-order valence-corrected chi connectivity index (χ3v) is 3.14. The van der Waals surface area contributed by atoms with E-state index in [9.17, 15) is 5.11 Å². The summed E-state index contributed by atoms with van der Waals surface area (Å²) in [6, 6.07) is 5.34. The zero-order chi connectivity index (χ0) is 13.7. The van der Waals surface area contributed by atoms with E-state index in [4.69, 9.17) is 16.3 Å². The van der Waals surface area contributed by atoms with E-state index < -0.39 is 0 Å². The van der Waals surface area contributed by atoms with Crippen molar-refractivity contribution in [1.82, 2.24) is 9.55 Å². The lowest BCUT2D eigenvalue weighted by atomic mass is 10.2. The summed E-state index contributed by atoms with van der Waals surface area (Å²) in [6.45, 7) is 3.32. The highest BCUT2D eigenvalue weighted by Gasteiger charge is 2.09. The maximum absolute atomic E-state index is 9.28. The molecule has 1 N–H and O–H groups in total. The number of aromatic nitrogens is 2. The molecule has 19 heavy (non-hydrogen) atoms. The van der Waals surface area contributed by atoms with Crippen molar-refractivity contribution in [2.75, 3.05) is 0 Å². The Morgan fingerprint density at radius 2 is 2.26 bits per heavy atom. The first-order valence-electron chi connectivity index (χ1n) is 6.26. The molecule has 0 fully saturated rings. The SMILES string of the molecule is CCCn1cncc1COc1c(Cl)cccc1CO. The Labute approximate surface area is 117 Å². The van der Waals surface area contributed by atoms with Crippen LogP contribution in [0.5, 0.6) is 5.75 Å². The molecule has 0 atom stereocenters. The fourth-order valence-electron chi connectivity index (χ4n) is 1.90. The van der Waals surface area contributed by atoms with Crippen LogP contribution in [0.25, 0.3) is 0 Å². The van der Waals surface area contributed by atoms with Crippen molar-refractivity contribution < 1.29 is 9.84 Å². The minimum atomic E-state index is -0.0931. The van der Waals surface area contributed by atoms with Crippen LogP contribution in [0.4, 0.5) is 0 Å². The largest absolute Gasteiger partial charge is 0.485 e. The summed E-state index contributed by atoms with van der Waals surface area (Å²) in [7, 11) is 0. The van der Waals surface area contributed by atoms with Gasteiger partial charge in [0, 0.05) is 12.1 Å². The maximum atomic E-state index is 9.28. The molecule has 0 saturated carbocycles. The number of ether oxygens (including phenoxy) is 1. The molecule has 1 aromatic heterocycles. The molecule has 2 rings (SSSR count). The van der Waals surface area contributed by atoms with Gasteiger partial charge in [0.15, 0.2) is 0 Å². The molecule has 0 radical (unpaired) electrons. The number of aryl methyl sites for hydroxylation is 1. The van der Waals surface area contributed by atoms with E-state index in [-0.39, 0.29) is 6.61 Å². The number of para-hydroxylation sites is 1. The average molecular weight is 281 g/mol. The van der Waals surface area contributed by atoms with E-state index in [1.165, 1.54) is 0 Å². The van der Waals surface area contributed by atoms with Crippen molar-refractivity contribution in [3.8, 4) is 5.75 Å². The summed E-state index contributed by atoms with van der Waals surface area (Å²) < 4.78 is 7.79. The molecule has 0 aliphatic carbocycles. The van der Waals surface area contributed by atoms with Gasteiger partial charge in [0.2, 0.25) is 0 Å². The van der Waals surface area contributed by atoms with Crippen molar-refractivity contribution in [1.29, 1.82) is 0 Å². The average Bonchev–Trinajstić information content (AvgIpc) is 2.85. The van der Waals surface area contributed by atoms with Gasteiger partial charge in [-0.25, -0.2) is 4.98 Å². The van der Waals surface area contributed by atoms with E-state index in [0.717, 1.165) is 18.7 Å². The summed E-state index contributed by atoms with van der Waals surface area (Å²) in [5, 5.41) is 9.79. The molecular formula is C14H17ClN2O2. The number of rotatable bonds is 6. The fraction of sp³-hybridized carbons (Fsp3) is 0.357. The smallest absolute Gasteiger partial charge is 0.143 e. The van der Waals surface area contributed by atoms with Crippen molar-refractivity contribution in [3.63, 3.8) is 0 Å². The van der Waals surface area contributed by atoms with Crippen LogP contribution in [0.15, 0.2) is 30.7 Å². The van der Waals surface area contributed by atoms with Gasteiger partial charge in [-0.05, 0) is 12.5 Å². The highest BCUT2D eigenvalue weighted by atomic mass is 35.5. The van der Waals surface area contributed by atoms with Crippen LogP contribution in [0.3, 0.4) is 0 Å². The number of nitrogens with zero attached hydrogens (tertiary/aromatic N) is 2. The third-order valence-electron chi connectivity index (χ3n) is 2.85. The van der Waals surface area contributed by atoms with Crippen LogP contribution >= 0.6 is 11.6 Å². The highest BCUT2D eigenvalue weighted by molar-refractivity contribution is 6.32. The predicted octanol–water partition coefficient (Wildman–Crippen LogP) is 3.02. The van der Waals surface area contributed by atoms with Crippen LogP contribution in [0, 0.1) is 0 Å². The lowest BCUT2D eigenvalue weighted by Crippen LogP contribution is -2.06. The predicted molar refractivity (Wildman–Crippen MR) is 74.2 cm³/mol. The second-order valence-electron chi connectivity index (χ2n) is 4.25. The minimum Gasteiger partial charge on any atom is -0.485 e. The number of aliphatic hydroxyl groups excluding tert-OH is 1. The van der Waals surface area contributed by atoms with Gasteiger partial charge in [-0.15, -0.1) is 0 Å². The number of benzene rings is 1. The van der Waals surface area contributed by atoms with Crippen molar-refractivity contribution >= 4 is 11.6 Å². The Bertz CT molecular complexity index is 540. The van der Waals surface area contributed by atoms with Gasteiger partial charge in [-0.2, -0.15) is 0 Å². The molecular weight excluding hydrogens is 264 g/mol. The monoisotopic (exact) mass is 280 g/mol. The summed E-state index contributed by atoms with van der Waals surface area (Å²) >= 11 is 6.09. The van der Waals surface area contributed by atoms with Crippen LogP contribution in [0.2, 0.25) is 5.02 Å². The van der Waals surface area contributed by atoms with Gasteiger partial charge in [-0.3, -0.25) is 0 Å². The van der Waals surface area contributed by atoms with Crippen LogP contribution in [0.1, 0.15) is 24.6 Å². The number of hydrogen-bond acceptors (Lipinski definition) is 3. The molecule has 102 valence electrons. The summed E-state index contributed by atoms with van der Waals surface area (Å²) in [4.78, 5) is 4.12. The van der Waals surface area contributed by atoms with Crippen LogP contribution in [-0.4, -0.2) is 14.7 Å². The van der Waals surface area contributed by atoms with E-state index >= 15 is 0 Å². The van der Waals surface area contributed by atoms with Crippen LogP contribution < -0.4 is 4.74 Å². The standard InChI is InChI=1S/C14H17ClN2O2/c1-2-6-17-10-16-7-12(17)9-19-14-11(8-18)4-3-5-13(14)15/h3-5,7,10,18H,2,6,8-9H2,1H3. The van der Waals surface area contributed by atoms with Gasteiger partial charge in [0.1, 0.15) is 12.4 Å². The molecule has 0 saturated heterocycles. The van der Waals surface area contributed by atoms with Crippen molar-refractivity contribution in [2.45, 2.75) is 33.1 Å². The number of imidazole rings is 1. The lowest BCUT2D eigenvalue weighted by Gasteiger charge is -2.12. The Morgan fingerprint density at radius 3 is 3.00 bits per heavy atom. The maximum Gasteiger partial charge on any atom is 0.143 e. The fourth-order valence-corrected chi connectivity index (χ4v) is 2.15. The normalized spacial score (nSPS) is 10.7. The van der Waals surface area contributed by atoms with Crippen LogP contribution in [-0.2, 0) is 19.8 Å². The zero-order valence-corrected chi connectivity index (χ0v) is 11.6. The summed E-state index contributed by atoms with van der Waals surface area (Å²) in [5.74, 6) is 0.538. The molecule has 0 amide bonds. The Kier molecular flexibility index (Phi) is 4.82. The Morgan fingerprint density at radius 1 is 1.42 bits per heavy atom. The molecule has 2 aromatic rings. The van der Waals surface area contributed by atoms with Crippen molar-refractivity contribution in [3.05, 3.63) is 47.0 Å². The summed E-state index contributed by atoms with van der Waals surface area (Å²) in [6.07, 6.45) is 4.62. The second-order valence-corrected chi connectivity index (χ2v) is 4.66. The van der Waals surface area contributed by atoms with Gasteiger partial charge in [0.05, 0.1) is 29.8 Å². The number of hydrogen-bond donors (Lipinski definition) is 1. The Hall–Kier alpha value is -1.52. The third kappa shape index (κ3) is 3.28. The first-order valence-corrected chi connectivity index (χ1v) is 6.64. The van der Waals surface area contributed by atoms with Gasteiger partial charge >= 0.3 is 0 Å². The van der Waals surface area contributed by atoms with Crippen molar-refractivity contribution in [2.24, 2.45) is 0 Å². The molecule has 0 spiro atoms.